The highest BCUT2D eigenvalue weighted by Crippen LogP contribution is 2.36. The third-order valence-corrected chi connectivity index (χ3v) is 5.19. The van der Waals surface area contributed by atoms with Crippen LogP contribution in [0.3, 0.4) is 0 Å². The minimum absolute atomic E-state index is 0.321. The van der Waals surface area contributed by atoms with E-state index in [0.717, 1.165) is 5.56 Å². The number of oxazole rings is 1. The third-order valence-electron chi connectivity index (χ3n) is 5.19. The summed E-state index contributed by atoms with van der Waals surface area (Å²) in [6.45, 7) is 2.15. The smallest absolute Gasteiger partial charge is 0.191 e. The molecule has 0 fully saturated rings. The maximum Gasteiger partial charge on any atom is 0.191 e. The van der Waals surface area contributed by atoms with Crippen LogP contribution in [0.2, 0.25) is 0 Å². The van der Waals surface area contributed by atoms with Crippen LogP contribution in [0, 0.1) is 12.7 Å². The lowest BCUT2D eigenvalue weighted by atomic mass is 10.0. The molecule has 0 radical (unpaired) electrons. The van der Waals surface area contributed by atoms with Crippen molar-refractivity contribution in [3.05, 3.63) is 84.6 Å². The van der Waals surface area contributed by atoms with Gasteiger partial charge in [-0.1, -0.05) is 18.2 Å². The molecule has 3 heterocycles. The van der Waals surface area contributed by atoms with Gasteiger partial charge in [0, 0.05) is 35.8 Å². The molecule has 0 amide bonds. The Balaban J connectivity index is 1.70. The molecule has 0 saturated heterocycles. The molecule has 0 unspecified atom stereocenters. The normalized spacial score (nSPS) is 11.0. The summed E-state index contributed by atoms with van der Waals surface area (Å²) in [7, 11) is 1.57. The van der Waals surface area contributed by atoms with Gasteiger partial charge in [-0.3, -0.25) is 4.98 Å². The summed E-state index contributed by atoms with van der Waals surface area (Å²) in [6.07, 6.45) is 5.06. The van der Waals surface area contributed by atoms with Gasteiger partial charge in [-0.25, -0.2) is 19.3 Å². The highest BCUT2D eigenvalue weighted by molar-refractivity contribution is 5.97. The van der Waals surface area contributed by atoms with E-state index in [1.807, 2.05) is 18.2 Å². The number of anilines is 1. The van der Waals surface area contributed by atoms with Crippen molar-refractivity contribution >= 4 is 16.7 Å². The molecule has 0 spiro atoms. The minimum atomic E-state index is -0.321. The van der Waals surface area contributed by atoms with Crippen molar-refractivity contribution in [1.82, 2.24) is 19.9 Å². The van der Waals surface area contributed by atoms with Gasteiger partial charge < -0.3 is 14.5 Å². The van der Waals surface area contributed by atoms with Gasteiger partial charge in [0.25, 0.3) is 0 Å². The van der Waals surface area contributed by atoms with Crippen LogP contribution in [0.5, 0.6) is 5.75 Å². The van der Waals surface area contributed by atoms with Crippen molar-refractivity contribution < 1.29 is 13.5 Å². The highest BCUT2D eigenvalue weighted by atomic mass is 19.1. The number of rotatable bonds is 6. The second-order valence-electron chi connectivity index (χ2n) is 7.39. The van der Waals surface area contributed by atoms with Gasteiger partial charge in [0.05, 0.1) is 19.9 Å². The number of nitrogens with zero attached hydrogens (tertiary/aromatic N) is 4. The number of halogens is 1. The molecule has 0 aliphatic rings. The van der Waals surface area contributed by atoms with E-state index in [-0.39, 0.29) is 5.82 Å². The maximum absolute atomic E-state index is 14.6. The molecule has 8 heteroatoms. The van der Waals surface area contributed by atoms with Gasteiger partial charge >= 0.3 is 0 Å². The van der Waals surface area contributed by atoms with Crippen LogP contribution in [-0.2, 0) is 6.54 Å². The van der Waals surface area contributed by atoms with Gasteiger partial charge in [0.2, 0.25) is 0 Å². The van der Waals surface area contributed by atoms with Crippen LogP contribution in [0.15, 0.2) is 71.5 Å². The topological polar surface area (TPSA) is 86.0 Å². The molecule has 2 aromatic carbocycles. The average Bonchev–Trinajstić information content (AvgIpc) is 3.27. The molecular formula is C25H20FN5O2. The van der Waals surface area contributed by atoms with E-state index in [9.17, 15) is 4.39 Å². The molecule has 1 N–H and O–H groups in total. The molecular weight excluding hydrogens is 421 g/mol. The van der Waals surface area contributed by atoms with E-state index in [2.05, 4.69) is 15.3 Å². The van der Waals surface area contributed by atoms with Crippen molar-refractivity contribution in [2.75, 3.05) is 12.4 Å². The first-order chi connectivity index (χ1) is 16.1. The number of benzene rings is 2. The van der Waals surface area contributed by atoms with E-state index in [4.69, 9.17) is 19.1 Å². The molecule has 0 aliphatic heterocycles. The number of methoxy groups -OCH3 is 1. The Morgan fingerprint density at radius 2 is 1.91 bits per heavy atom. The fraction of sp³-hybridized carbons (Fsp3) is 0.120. The van der Waals surface area contributed by atoms with Gasteiger partial charge in [0.15, 0.2) is 11.7 Å². The predicted octanol–water partition coefficient (Wildman–Crippen LogP) is 5.42. The van der Waals surface area contributed by atoms with Crippen molar-refractivity contribution in [3.8, 4) is 28.3 Å². The fourth-order valence-corrected chi connectivity index (χ4v) is 3.62. The maximum atomic E-state index is 14.6. The van der Waals surface area contributed by atoms with Crippen molar-refractivity contribution in [1.29, 1.82) is 0 Å². The Kier molecular flexibility index (Phi) is 5.40. The molecule has 164 valence electrons. The number of hydrogen-bond acceptors (Lipinski definition) is 7. The number of nitrogens with one attached hydrogen (secondary N) is 1. The lowest BCUT2D eigenvalue weighted by Gasteiger charge is -2.14. The van der Waals surface area contributed by atoms with E-state index in [1.54, 1.807) is 56.9 Å². The Hall–Kier alpha value is -4.33. The summed E-state index contributed by atoms with van der Waals surface area (Å²) in [5, 5.41) is 4.01. The first-order valence-corrected chi connectivity index (χ1v) is 10.3. The highest BCUT2D eigenvalue weighted by Gasteiger charge is 2.17. The number of aryl methyl sites for hydroxylation is 1. The summed E-state index contributed by atoms with van der Waals surface area (Å²) >= 11 is 0. The first kappa shape index (κ1) is 20.6. The van der Waals surface area contributed by atoms with Crippen LogP contribution in [-0.4, -0.2) is 27.0 Å². The lowest BCUT2D eigenvalue weighted by molar-refractivity contribution is 0.419. The van der Waals surface area contributed by atoms with Crippen LogP contribution >= 0.6 is 0 Å². The van der Waals surface area contributed by atoms with Gasteiger partial charge in [-0.2, -0.15) is 0 Å². The summed E-state index contributed by atoms with van der Waals surface area (Å²) in [5.74, 6) is 2.49. The Morgan fingerprint density at radius 1 is 1.03 bits per heavy atom. The largest absolute Gasteiger partial charge is 0.494 e. The number of hydrogen-bond donors (Lipinski definition) is 1. The van der Waals surface area contributed by atoms with Gasteiger partial charge in [-0.15, -0.1) is 0 Å². The van der Waals surface area contributed by atoms with Crippen LogP contribution < -0.4 is 10.1 Å². The summed E-state index contributed by atoms with van der Waals surface area (Å²) in [4.78, 5) is 17.8. The fourth-order valence-electron chi connectivity index (χ4n) is 3.62. The van der Waals surface area contributed by atoms with Crippen LogP contribution in [0.25, 0.3) is 33.4 Å². The molecule has 5 rings (SSSR count). The van der Waals surface area contributed by atoms with E-state index < -0.39 is 0 Å². The molecule has 0 saturated carbocycles. The minimum Gasteiger partial charge on any atom is -0.494 e. The Labute approximate surface area is 189 Å². The quantitative estimate of drug-likeness (QED) is 0.377. The predicted molar refractivity (Wildman–Crippen MR) is 123 cm³/mol. The number of fused-ring (bicyclic) bond motifs is 1. The summed E-state index contributed by atoms with van der Waals surface area (Å²) in [6, 6.07) is 14.0. The molecule has 0 atom stereocenters. The second kappa shape index (κ2) is 8.66. The number of aromatic nitrogens is 4. The van der Waals surface area contributed by atoms with E-state index in [1.165, 1.54) is 6.07 Å². The average molecular weight is 441 g/mol. The zero-order valence-corrected chi connectivity index (χ0v) is 18.0. The zero-order chi connectivity index (χ0) is 22.8. The molecule has 7 nitrogen and oxygen atoms in total. The van der Waals surface area contributed by atoms with E-state index in [0.29, 0.717) is 57.6 Å². The summed E-state index contributed by atoms with van der Waals surface area (Å²) in [5.41, 5.74) is 2.49. The SMILES string of the molecule is COc1cc(-c2ccccc2F)cc2c(NCc3cnc(C)o3)nc(-c3cccnc3)nc12. The molecule has 5 aromatic rings. The number of ether oxygens (including phenoxy) is 1. The summed E-state index contributed by atoms with van der Waals surface area (Å²) < 4.78 is 25.8. The van der Waals surface area contributed by atoms with Gasteiger partial charge in [0.1, 0.15) is 28.7 Å². The van der Waals surface area contributed by atoms with Crippen LogP contribution in [0.4, 0.5) is 10.2 Å². The molecule has 0 bridgehead atoms. The second-order valence-corrected chi connectivity index (χ2v) is 7.39. The Morgan fingerprint density at radius 3 is 2.64 bits per heavy atom. The number of pyridine rings is 1. The lowest BCUT2D eigenvalue weighted by Crippen LogP contribution is -2.05. The molecule has 33 heavy (non-hydrogen) atoms. The zero-order valence-electron chi connectivity index (χ0n) is 18.0. The molecule has 0 aliphatic carbocycles. The van der Waals surface area contributed by atoms with Gasteiger partial charge in [-0.05, 0) is 35.9 Å². The van der Waals surface area contributed by atoms with E-state index >= 15 is 0 Å². The molecule has 3 aromatic heterocycles. The Bertz CT molecular complexity index is 1440. The van der Waals surface area contributed by atoms with Crippen molar-refractivity contribution in [3.63, 3.8) is 0 Å². The van der Waals surface area contributed by atoms with Crippen molar-refractivity contribution in [2.45, 2.75) is 13.5 Å². The van der Waals surface area contributed by atoms with Crippen molar-refractivity contribution in [2.24, 2.45) is 0 Å². The monoisotopic (exact) mass is 441 g/mol. The first-order valence-electron chi connectivity index (χ1n) is 10.3. The third kappa shape index (κ3) is 4.10. The van der Waals surface area contributed by atoms with Crippen LogP contribution in [0.1, 0.15) is 11.7 Å². The standard InChI is InChI=1S/C25H20FN5O2/c1-15-28-13-18(33-15)14-29-25-20-10-17(19-7-3-4-8-21(19)26)11-22(32-2)23(20)30-24(31-25)16-6-5-9-27-12-16/h3-13H,14H2,1-2H3,(H,29,30,31).